The van der Waals surface area contributed by atoms with E-state index in [4.69, 9.17) is 9.47 Å². The van der Waals surface area contributed by atoms with Crippen LogP contribution in [0, 0.1) is 13.8 Å². The summed E-state index contributed by atoms with van der Waals surface area (Å²) in [5, 5.41) is 12.7. The lowest BCUT2D eigenvalue weighted by molar-refractivity contribution is -0.152. The average molecular weight is 442 g/mol. The van der Waals surface area contributed by atoms with E-state index in [2.05, 4.69) is 10.1 Å². The summed E-state index contributed by atoms with van der Waals surface area (Å²) in [6.45, 7) is 7.15. The Bertz CT molecular complexity index is 1010. The molecule has 0 aliphatic carbocycles. The molecule has 0 atom stereocenters. The average Bonchev–Trinajstić information content (AvgIpc) is 2.77. The second kappa shape index (κ2) is 10.1. The van der Waals surface area contributed by atoms with Gasteiger partial charge in [-0.1, -0.05) is 0 Å². The number of nitrogens with one attached hydrogen (secondary N) is 1. The molecule has 1 aliphatic rings. The van der Waals surface area contributed by atoms with E-state index in [1.54, 1.807) is 43.9 Å². The molecular formula is C23H26N2O7. The molecule has 0 unspecified atom stereocenters. The predicted molar refractivity (Wildman–Crippen MR) is 116 cm³/mol. The van der Waals surface area contributed by atoms with Gasteiger partial charge < -0.3 is 29.5 Å². The molecule has 1 saturated heterocycles. The number of nitrogens with zero attached hydrogens (tertiary/aromatic N) is 1. The van der Waals surface area contributed by atoms with E-state index >= 15 is 0 Å². The van der Waals surface area contributed by atoms with E-state index in [0.717, 1.165) is 0 Å². The molecule has 2 amide bonds. The Hall–Kier alpha value is -3.59. The molecule has 0 saturated carbocycles. The molecule has 170 valence electrons. The molecule has 2 N–H and O–H groups in total. The Labute approximate surface area is 185 Å². The quantitative estimate of drug-likeness (QED) is 0.541. The van der Waals surface area contributed by atoms with E-state index in [1.807, 2.05) is 0 Å². The third-order valence-corrected chi connectivity index (χ3v) is 4.90. The number of carbonyl (C=O) groups is 3. The van der Waals surface area contributed by atoms with Crippen LogP contribution >= 0.6 is 0 Å². The van der Waals surface area contributed by atoms with Gasteiger partial charge in [0.15, 0.2) is 0 Å². The van der Waals surface area contributed by atoms with Crippen molar-refractivity contribution in [3.63, 3.8) is 0 Å². The fourth-order valence-electron chi connectivity index (χ4n) is 3.37. The number of phenols is 1. The summed E-state index contributed by atoms with van der Waals surface area (Å²) in [6, 6.07) is 7.82. The number of carbonyl (C=O) groups excluding carboxylic acids is 3. The minimum atomic E-state index is -0.954. The fraction of sp³-hybridized carbons (Fsp3) is 0.348. The van der Waals surface area contributed by atoms with Crippen LogP contribution in [0.15, 0.2) is 30.3 Å². The number of hydrogen-bond acceptors (Lipinski definition) is 7. The summed E-state index contributed by atoms with van der Waals surface area (Å²) in [4.78, 5) is 37.8. The SMILES string of the molecule is CCOC(=O)C(=O)Nc1cc(C)c(Oc2ccc(O)c(C(=O)N3CCOCC3)c2)c(C)c1. The number of anilines is 1. The number of phenolic OH excluding ortho intramolecular Hbond substituents is 1. The Morgan fingerprint density at radius 3 is 2.38 bits per heavy atom. The molecule has 9 nitrogen and oxygen atoms in total. The van der Waals surface area contributed by atoms with E-state index in [0.29, 0.717) is 54.6 Å². The van der Waals surface area contributed by atoms with Crippen molar-refractivity contribution in [3.8, 4) is 17.2 Å². The normalized spacial score (nSPS) is 13.4. The Balaban J connectivity index is 1.79. The van der Waals surface area contributed by atoms with Crippen LogP contribution in [0.4, 0.5) is 5.69 Å². The van der Waals surface area contributed by atoms with Gasteiger partial charge in [-0.3, -0.25) is 9.59 Å². The van der Waals surface area contributed by atoms with E-state index in [9.17, 15) is 19.5 Å². The third-order valence-electron chi connectivity index (χ3n) is 4.90. The largest absolute Gasteiger partial charge is 0.507 e. The van der Waals surface area contributed by atoms with Gasteiger partial charge in [-0.25, -0.2) is 4.79 Å². The van der Waals surface area contributed by atoms with Crippen molar-refractivity contribution in [1.29, 1.82) is 0 Å². The van der Waals surface area contributed by atoms with Gasteiger partial charge in [0.25, 0.3) is 5.91 Å². The predicted octanol–water partition coefficient (Wildman–Crippen LogP) is 2.78. The smallest absolute Gasteiger partial charge is 0.397 e. The zero-order chi connectivity index (χ0) is 23.3. The summed E-state index contributed by atoms with van der Waals surface area (Å²) >= 11 is 0. The number of morpholine rings is 1. The van der Waals surface area contributed by atoms with Gasteiger partial charge >= 0.3 is 11.9 Å². The van der Waals surface area contributed by atoms with Gasteiger partial charge in [0.05, 0.1) is 25.4 Å². The lowest BCUT2D eigenvalue weighted by Crippen LogP contribution is -2.40. The van der Waals surface area contributed by atoms with Gasteiger partial charge in [0.1, 0.15) is 17.2 Å². The van der Waals surface area contributed by atoms with Gasteiger partial charge in [0, 0.05) is 18.8 Å². The lowest BCUT2D eigenvalue weighted by Gasteiger charge is -2.27. The Morgan fingerprint density at radius 2 is 1.75 bits per heavy atom. The second-order valence-corrected chi connectivity index (χ2v) is 7.30. The lowest BCUT2D eigenvalue weighted by atomic mass is 10.1. The standard InChI is InChI=1S/C23H26N2O7/c1-4-31-23(29)21(27)24-16-11-14(2)20(15(3)12-16)32-17-5-6-19(26)18(13-17)22(28)25-7-9-30-10-8-25/h5-6,11-13,26H,4,7-10H2,1-3H3,(H,24,27). The number of benzene rings is 2. The molecular weight excluding hydrogens is 416 g/mol. The summed E-state index contributed by atoms with van der Waals surface area (Å²) < 4.78 is 16.0. The first-order valence-corrected chi connectivity index (χ1v) is 10.3. The fourth-order valence-corrected chi connectivity index (χ4v) is 3.37. The van der Waals surface area contributed by atoms with E-state index < -0.39 is 11.9 Å². The topological polar surface area (TPSA) is 114 Å². The van der Waals surface area contributed by atoms with Crippen LogP contribution in [0.1, 0.15) is 28.4 Å². The molecule has 3 rings (SSSR count). The van der Waals surface area contributed by atoms with Gasteiger partial charge in [-0.2, -0.15) is 0 Å². The molecule has 0 radical (unpaired) electrons. The molecule has 0 aromatic heterocycles. The highest BCUT2D eigenvalue weighted by molar-refractivity contribution is 6.37. The van der Waals surface area contributed by atoms with Crippen LogP contribution in [0.5, 0.6) is 17.2 Å². The van der Waals surface area contributed by atoms with Crippen molar-refractivity contribution in [1.82, 2.24) is 4.90 Å². The van der Waals surface area contributed by atoms with Crippen molar-refractivity contribution >= 4 is 23.5 Å². The van der Waals surface area contributed by atoms with Crippen LogP contribution in [0.3, 0.4) is 0 Å². The summed E-state index contributed by atoms with van der Waals surface area (Å²) in [5.41, 5.74) is 1.99. The molecule has 1 fully saturated rings. The van der Waals surface area contributed by atoms with E-state index in [1.165, 1.54) is 12.1 Å². The van der Waals surface area contributed by atoms with Crippen LogP contribution < -0.4 is 10.1 Å². The highest BCUT2D eigenvalue weighted by Gasteiger charge is 2.22. The highest BCUT2D eigenvalue weighted by atomic mass is 16.5. The zero-order valence-electron chi connectivity index (χ0n) is 18.3. The monoisotopic (exact) mass is 442 g/mol. The summed E-state index contributed by atoms with van der Waals surface area (Å²) in [5.74, 6) is -1.31. The minimum Gasteiger partial charge on any atom is -0.507 e. The molecule has 0 spiro atoms. The summed E-state index contributed by atoms with van der Waals surface area (Å²) in [6.07, 6.45) is 0. The maximum absolute atomic E-state index is 12.8. The first kappa shape index (κ1) is 23.1. The first-order chi connectivity index (χ1) is 15.3. The van der Waals surface area contributed by atoms with Gasteiger partial charge in [0.2, 0.25) is 0 Å². The van der Waals surface area contributed by atoms with Crippen molar-refractivity contribution in [2.75, 3.05) is 38.2 Å². The van der Waals surface area contributed by atoms with Crippen LogP contribution in [0.25, 0.3) is 0 Å². The molecule has 2 aromatic carbocycles. The zero-order valence-corrected chi connectivity index (χ0v) is 18.3. The van der Waals surface area contributed by atoms with Crippen molar-refractivity contribution < 1.29 is 33.7 Å². The van der Waals surface area contributed by atoms with Crippen molar-refractivity contribution in [3.05, 3.63) is 47.0 Å². The maximum atomic E-state index is 12.8. The molecule has 1 aliphatic heterocycles. The van der Waals surface area contributed by atoms with Crippen LogP contribution in [-0.4, -0.2) is 60.7 Å². The van der Waals surface area contributed by atoms with E-state index in [-0.39, 0.29) is 23.8 Å². The number of hydrogen-bond donors (Lipinski definition) is 2. The first-order valence-electron chi connectivity index (χ1n) is 10.3. The summed E-state index contributed by atoms with van der Waals surface area (Å²) in [7, 11) is 0. The van der Waals surface area contributed by atoms with Crippen LogP contribution in [0.2, 0.25) is 0 Å². The Morgan fingerprint density at radius 1 is 1.09 bits per heavy atom. The number of ether oxygens (including phenoxy) is 3. The third kappa shape index (κ3) is 5.36. The van der Waals surface area contributed by atoms with Crippen LogP contribution in [-0.2, 0) is 19.1 Å². The number of amides is 2. The number of aryl methyl sites for hydroxylation is 2. The number of rotatable bonds is 5. The van der Waals surface area contributed by atoms with Crippen molar-refractivity contribution in [2.45, 2.75) is 20.8 Å². The second-order valence-electron chi connectivity index (χ2n) is 7.30. The Kier molecular flexibility index (Phi) is 7.32. The maximum Gasteiger partial charge on any atom is 0.397 e. The molecule has 2 aromatic rings. The molecule has 9 heteroatoms. The van der Waals surface area contributed by atoms with Gasteiger partial charge in [-0.15, -0.1) is 0 Å². The highest BCUT2D eigenvalue weighted by Crippen LogP contribution is 2.33. The molecule has 1 heterocycles. The molecule has 32 heavy (non-hydrogen) atoms. The number of aromatic hydroxyl groups is 1. The minimum absolute atomic E-state index is 0.111. The van der Waals surface area contributed by atoms with Crippen molar-refractivity contribution in [2.24, 2.45) is 0 Å². The van der Waals surface area contributed by atoms with Gasteiger partial charge in [-0.05, 0) is 62.2 Å². The number of esters is 1. The molecule has 0 bridgehead atoms.